The zero-order valence-electron chi connectivity index (χ0n) is 14.9. The van der Waals surface area contributed by atoms with Crippen LogP contribution >= 0.6 is 0 Å². The van der Waals surface area contributed by atoms with Gasteiger partial charge in [-0.2, -0.15) is 0 Å². The van der Waals surface area contributed by atoms with E-state index in [1.165, 1.54) is 0 Å². The lowest BCUT2D eigenvalue weighted by Crippen LogP contribution is -2.00. The molecule has 0 saturated heterocycles. The molecule has 0 amide bonds. The summed E-state index contributed by atoms with van der Waals surface area (Å²) in [4.78, 5) is 12.4. The maximum Gasteiger partial charge on any atom is 0.339 e. The van der Waals surface area contributed by atoms with Crippen LogP contribution in [0.2, 0.25) is 0 Å². The highest BCUT2D eigenvalue weighted by atomic mass is 16.5. The number of cyclic esters (lactones) is 1. The number of anilines is 1. The summed E-state index contributed by atoms with van der Waals surface area (Å²) >= 11 is 0. The van der Waals surface area contributed by atoms with Gasteiger partial charge in [0, 0.05) is 23.9 Å². The van der Waals surface area contributed by atoms with Gasteiger partial charge in [0.1, 0.15) is 6.61 Å². The first-order valence-corrected chi connectivity index (χ1v) is 8.33. The molecule has 0 atom stereocenters. The van der Waals surface area contributed by atoms with E-state index in [9.17, 15) is 4.79 Å². The summed E-state index contributed by atoms with van der Waals surface area (Å²) in [5.74, 6) is 0.985. The molecule has 1 aliphatic heterocycles. The summed E-state index contributed by atoms with van der Waals surface area (Å²) < 4.78 is 16.2. The highest BCUT2D eigenvalue weighted by Gasteiger charge is 2.28. The van der Waals surface area contributed by atoms with Gasteiger partial charge in [0.25, 0.3) is 0 Å². The van der Waals surface area contributed by atoms with Crippen molar-refractivity contribution in [1.29, 1.82) is 0 Å². The maximum atomic E-state index is 12.4. The van der Waals surface area contributed by atoms with Crippen molar-refractivity contribution in [3.8, 4) is 22.6 Å². The summed E-state index contributed by atoms with van der Waals surface area (Å²) in [7, 11) is 5.09. The van der Waals surface area contributed by atoms with E-state index in [1.54, 1.807) is 14.2 Å². The normalized spacial score (nSPS) is 12.7. The third-order valence-electron chi connectivity index (χ3n) is 4.73. The molecule has 0 bridgehead atoms. The van der Waals surface area contributed by atoms with Crippen LogP contribution < -0.4 is 14.8 Å². The lowest BCUT2D eigenvalue weighted by molar-refractivity contribution is 0.0535. The van der Waals surface area contributed by atoms with E-state index in [0.29, 0.717) is 17.1 Å². The van der Waals surface area contributed by atoms with Gasteiger partial charge in [0.05, 0.1) is 19.8 Å². The van der Waals surface area contributed by atoms with Crippen LogP contribution in [0, 0.1) is 0 Å². The van der Waals surface area contributed by atoms with Crippen molar-refractivity contribution in [3.63, 3.8) is 0 Å². The standard InChI is InChI=1S/C21H19NO4/c1-22-15-6-4-5-12(8-15)19-16-10-18(25-3)17(24-2)9-13(16)7-14-11-26-21(23)20(14)19/h4-10,22H,11H2,1-3H3. The molecule has 5 nitrogen and oxygen atoms in total. The van der Waals surface area contributed by atoms with E-state index >= 15 is 0 Å². The molecule has 0 spiro atoms. The predicted molar refractivity (Wildman–Crippen MR) is 101 cm³/mol. The van der Waals surface area contributed by atoms with Crippen molar-refractivity contribution in [1.82, 2.24) is 0 Å². The summed E-state index contributed by atoms with van der Waals surface area (Å²) in [6.07, 6.45) is 0. The second kappa shape index (κ2) is 6.26. The van der Waals surface area contributed by atoms with Crippen molar-refractivity contribution < 1.29 is 19.0 Å². The van der Waals surface area contributed by atoms with Crippen molar-refractivity contribution in [2.75, 3.05) is 26.6 Å². The molecule has 0 unspecified atom stereocenters. The molecule has 1 N–H and O–H groups in total. The van der Waals surface area contributed by atoms with Crippen molar-refractivity contribution in [2.24, 2.45) is 0 Å². The van der Waals surface area contributed by atoms with Crippen molar-refractivity contribution in [2.45, 2.75) is 6.61 Å². The molecule has 4 rings (SSSR count). The smallest absolute Gasteiger partial charge is 0.339 e. The molecule has 3 aromatic rings. The molecule has 26 heavy (non-hydrogen) atoms. The third kappa shape index (κ3) is 2.44. The quantitative estimate of drug-likeness (QED) is 0.714. The van der Waals surface area contributed by atoms with E-state index in [4.69, 9.17) is 14.2 Å². The third-order valence-corrected chi connectivity index (χ3v) is 4.73. The van der Waals surface area contributed by atoms with Crippen LogP contribution in [0.1, 0.15) is 15.9 Å². The molecule has 0 saturated carbocycles. The molecule has 1 heterocycles. The molecule has 132 valence electrons. The van der Waals surface area contributed by atoms with E-state index in [-0.39, 0.29) is 12.6 Å². The van der Waals surface area contributed by atoms with Crippen LogP contribution in [-0.2, 0) is 11.3 Å². The zero-order valence-corrected chi connectivity index (χ0v) is 14.9. The fraction of sp³-hybridized carbons (Fsp3) is 0.190. The first-order chi connectivity index (χ1) is 12.7. The number of esters is 1. The van der Waals surface area contributed by atoms with Crippen LogP contribution in [0.3, 0.4) is 0 Å². The minimum absolute atomic E-state index is 0.289. The molecule has 0 aliphatic carbocycles. The summed E-state index contributed by atoms with van der Waals surface area (Å²) in [6, 6.07) is 13.8. The van der Waals surface area contributed by atoms with Gasteiger partial charge in [-0.3, -0.25) is 0 Å². The number of hydrogen-bond acceptors (Lipinski definition) is 5. The second-order valence-corrected chi connectivity index (χ2v) is 6.12. The SMILES string of the molecule is CNc1cccc(-c2c3c(cc4cc(OC)c(OC)cc24)COC3=O)c1. The fourth-order valence-electron chi connectivity index (χ4n) is 3.48. The van der Waals surface area contributed by atoms with E-state index in [1.807, 2.05) is 49.5 Å². The van der Waals surface area contributed by atoms with Gasteiger partial charge in [-0.15, -0.1) is 0 Å². The molecule has 5 heteroatoms. The number of carbonyl (C=O) groups excluding carboxylic acids is 1. The Balaban J connectivity index is 2.11. The number of benzene rings is 3. The van der Waals surface area contributed by atoms with Gasteiger partial charge in [-0.1, -0.05) is 12.1 Å². The van der Waals surface area contributed by atoms with Crippen LogP contribution in [0.4, 0.5) is 5.69 Å². The number of ether oxygens (including phenoxy) is 3. The van der Waals surface area contributed by atoms with E-state index in [2.05, 4.69) is 5.32 Å². The van der Waals surface area contributed by atoms with Gasteiger partial charge in [-0.05, 0) is 46.7 Å². The monoisotopic (exact) mass is 349 g/mol. The highest BCUT2D eigenvalue weighted by Crippen LogP contribution is 2.42. The number of rotatable bonds is 4. The van der Waals surface area contributed by atoms with E-state index in [0.717, 1.165) is 33.2 Å². The lowest BCUT2D eigenvalue weighted by atomic mass is 9.90. The Morgan fingerprint density at radius 2 is 1.77 bits per heavy atom. The van der Waals surface area contributed by atoms with Gasteiger partial charge in [-0.25, -0.2) is 4.79 Å². The van der Waals surface area contributed by atoms with Gasteiger partial charge < -0.3 is 19.5 Å². The predicted octanol–water partition coefficient (Wildman–Crippen LogP) is 4.24. The van der Waals surface area contributed by atoms with E-state index < -0.39 is 0 Å². The molecule has 0 radical (unpaired) electrons. The number of nitrogens with one attached hydrogen (secondary N) is 1. The molecule has 0 aromatic heterocycles. The Kier molecular flexibility index (Phi) is 3.92. The number of carbonyl (C=O) groups is 1. The van der Waals surface area contributed by atoms with Crippen molar-refractivity contribution in [3.05, 3.63) is 53.6 Å². The van der Waals surface area contributed by atoms with Crippen LogP contribution in [0.15, 0.2) is 42.5 Å². The minimum atomic E-state index is -0.290. The number of methoxy groups -OCH3 is 2. The maximum absolute atomic E-state index is 12.4. The average Bonchev–Trinajstić information content (AvgIpc) is 3.05. The first-order valence-electron chi connectivity index (χ1n) is 8.33. The second-order valence-electron chi connectivity index (χ2n) is 6.12. The lowest BCUT2D eigenvalue weighted by Gasteiger charge is -2.15. The molecule has 0 fully saturated rings. The fourth-order valence-corrected chi connectivity index (χ4v) is 3.48. The average molecular weight is 349 g/mol. The Bertz CT molecular complexity index is 1030. The van der Waals surface area contributed by atoms with Crippen LogP contribution in [0.5, 0.6) is 11.5 Å². The summed E-state index contributed by atoms with van der Waals surface area (Å²) in [6.45, 7) is 0.289. The molecular weight excluding hydrogens is 330 g/mol. The number of hydrogen-bond donors (Lipinski definition) is 1. The minimum Gasteiger partial charge on any atom is -0.493 e. The molecule has 1 aliphatic rings. The van der Waals surface area contributed by atoms with Crippen LogP contribution in [-0.4, -0.2) is 27.2 Å². The number of fused-ring (bicyclic) bond motifs is 2. The topological polar surface area (TPSA) is 56.8 Å². The molecule has 3 aromatic carbocycles. The Labute approximate surface area is 151 Å². The molecular formula is C21H19NO4. The highest BCUT2D eigenvalue weighted by molar-refractivity contribution is 6.11. The Morgan fingerprint density at radius 1 is 1.00 bits per heavy atom. The first kappa shape index (κ1) is 16.3. The van der Waals surface area contributed by atoms with Gasteiger partial charge >= 0.3 is 5.97 Å². The van der Waals surface area contributed by atoms with Crippen LogP contribution in [0.25, 0.3) is 21.9 Å². The summed E-state index contributed by atoms with van der Waals surface area (Å²) in [5.41, 5.74) is 4.29. The summed E-state index contributed by atoms with van der Waals surface area (Å²) in [5, 5.41) is 5.05. The van der Waals surface area contributed by atoms with Gasteiger partial charge in [0.2, 0.25) is 0 Å². The Hall–Kier alpha value is -3.21. The Morgan fingerprint density at radius 3 is 2.50 bits per heavy atom. The van der Waals surface area contributed by atoms with Crippen molar-refractivity contribution >= 4 is 22.4 Å². The zero-order chi connectivity index (χ0) is 18.3. The van der Waals surface area contributed by atoms with Gasteiger partial charge in [0.15, 0.2) is 11.5 Å². The largest absolute Gasteiger partial charge is 0.493 e.